The first-order chi connectivity index (χ1) is 8.65. The summed E-state index contributed by atoms with van der Waals surface area (Å²) in [6, 6.07) is 3.04. The smallest absolute Gasteiger partial charge is 0.129 e. The van der Waals surface area contributed by atoms with Crippen molar-refractivity contribution in [3.63, 3.8) is 0 Å². The van der Waals surface area contributed by atoms with Crippen molar-refractivity contribution >= 4 is 11.8 Å². The first-order valence-electron chi connectivity index (χ1n) is 5.50. The Bertz CT molecular complexity index is 420. The van der Waals surface area contributed by atoms with Crippen LogP contribution in [0.4, 0.5) is 8.78 Å². The predicted octanol–water partition coefficient (Wildman–Crippen LogP) is 1.95. The zero-order valence-corrected chi connectivity index (χ0v) is 10.6. The molecule has 0 bridgehead atoms. The molecule has 1 unspecified atom stereocenters. The number of aliphatic hydroxyl groups is 1. The molecule has 98 valence electrons. The molecule has 0 amide bonds. The molecule has 0 radical (unpaired) electrons. The van der Waals surface area contributed by atoms with Gasteiger partial charge in [-0.05, 0) is 18.2 Å². The average molecular weight is 271 g/mol. The summed E-state index contributed by atoms with van der Waals surface area (Å²) < 4.78 is 26.2. The molecule has 0 aliphatic heterocycles. The van der Waals surface area contributed by atoms with E-state index in [-0.39, 0.29) is 12.1 Å². The second kappa shape index (κ2) is 8.09. The van der Waals surface area contributed by atoms with Gasteiger partial charge in [-0.3, -0.25) is 0 Å². The van der Waals surface area contributed by atoms with Gasteiger partial charge in [-0.25, -0.2) is 8.78 Å². The van der Waals surface area contributed by atoms with Gasteiger partial charge < -0.3 is 10.4 Å². The third-order valence-corrected chi connectivity index (χ3v) is 3.13. The van der Waals surface area contributed by atoms with Gasteiger partial charge in [0.15, 0.2) is 0 Å². The quantitative estimate of drug-likeness (QED) is 0.587. The molecule has 2 nitrogen and oxygen atoms in total. The van der Waals surface area contributed by atoms with E-state index in [0.29, 0.717) is 12.3 Å². The van der Waals surface area contributed by atoms with Crippen molar-refractivity contribution in [2.75, 3.05) is 24.6 Å². The van der Waals surface area contributed by atoms with Crippen LogP contribution in [-0.2, 0) is 0 Å². The van der Waals surface area contributed by atoms with Crippen LogP contribution in [-0.4, -0.2) is 29.7 Å². The maximum absolute atomic E-state index is 13.3. The van der Waals surface area contributed by atoms with Gasteiger partial charge >= 0.3 is 0 Å². The number of terminal acetylenes is 1. The maximum atomic E-state index is 13.3. The second-order valence-corrected chi connectivity index (χ2v) is 4.75. The Balaban J connectivity index is 2.34. The highest BCUT2D eigenvalue weighted by molar-refractivity contribution is 7.99. The number of thioether (sulfide) groups is 1. The summed E-state index contributed by atoms with van der Waals surface area (Å²) >= 11 is 1.59. The number of rotatable bonds is 7. The third-order valence-electron chi connectivity index (χ3n) is 2.26. The lowest BCUT2D eigenvalue weighted by Gasteiger charge is -2.13. The van der Waals surface area contributed by atoms with Crippen molar-refractivity contribution in [3.05, 3.63) is 35.4 Å². The first kappa shape index (κ1) is 15.0. The van der Waals surface area contributed by atoms with Crippen molar-refractivity contribution in [1.82, 2.24) is 5.32 Å². The summed E-state index contributed by atoms with van der Waals surface area (Å²) in [6.45, 7) is 0.831. The second-order valence-electron chi connectivity index (χ2n) is 3.64. The highest BCUT2D eigenvalue weighted by atomic mass is 32.2. The van der Waals surface area contributed by atoms with Crippen LogP contribution in [0.5, 0.6) is 0 Å². The van der Waals surface area contributed by atoms with Crippen LogP contribution in [0.25, 0.3) is 0 Å². The van der Waals surface area contributed by atoms with E-state index in [4.69, 9.17) is 6.42 Å². The fourth-order valence-electron chi connectivity index (χ4n) is 1.39. The van der Waals surface area contributed by atoms with Gasteiger partial charge in [-0.15, -0.1) is 18.2 Å². The number of nitrogens with one attached hydrogen (secondary N) is 1. The Hall–Kier alpha value is -1.09. The van der Waals surface area contributed by atoms with Crippen LogP contribution in [0.1, 0.15) is 11.7 Å². The third kappa shape index (κ3) is 5.05. The van der Waals surface area contributed by atoms with Crippen molar-refractivity contribution in [2.24, 2.45) is 0 Å². The predicted molar refractivity (Wildman–Crippen MR) is 70.3 cm³/mol. The molecular weight excluding hydrogens is 256 g/mol. The minimum atomic E-state index is -1.06. The minimum absolute atomic E-state index is 0.0289. The lowest BCUT2D eigenvalue weighted by atomic mass is 10.1. The summed E-state index contributed by atoms with van der Waals surface area (Å²) in [4.78, 5) is 0. The average Bonchev–Trinajstić information content (AvgIpc) is 2.36. The number of hydrogen-bond donors (Lipinski definition) is 2. The SMILES string of the molecule is C#CCSCCNCC(O)c1cc(F)ccc1F. The molecular formula is C13H15F2NOS. The fraction of sp³-hybridized carbons (Fsp3) is 0.385. The van der Waals surface area contributed by atoms with Gasteiger partial charge in [0.2, 0.25) is 0 Å². The van der Waals surface area contributed by atoms with E-state index in [0.717, 1.165) is 24.0 Å². The van der Waals surface area contributed by atoms with Crippen molar-refractivity contribution < 1.29 is 13.9 Å². The van der Waals surface area contributed by atoms with Gasteiger partial charge in [0.25, 0.3) is 0 Å². The normalized spacial score (nSPS) is 12.1. The first-order valence-corrected chi connectivity index (χ1v) is 6.65. The van der Waals surface area contributed by atoms with Crippen LogP contribution in [0.3, 0.4) is 0 Å². The Labute approximate surface area is 110 Å². The van der Waals surface area contributed by atoms with Crippen LogP contribution < -0.4 is 5.32 Å². The molecule has 18 heavy (non-hydrogen) atoms. The molecule has 1 rings (SSSR count). The molecule has 0 spiro atoms. The lowest BCUT2D eigenvalue weighted by molar-refractivity contribution is 0.170. The number of hydrogen-bond acceptors (Lipinski definition) is 3. The molecule has 1 aromatic carbocycles. The molecule has 1 aromatic rings. The van der Waals surface area contributed by atoms with Gasteiger partial charge in [-0.1, -0.05) is 5.92 Å². The summed E-state index contributed by atoms with van der Waals surface area (Å²) in [5.41, 5.74) is -0.0289. The van der Waals surface area contributed by atoms with E-state index in [1.807, 2.05) is 0 Å². The zero-order valence-electron chi connectivity index (χ0n) is 9.83. The maximum Gasteiger partial charge on any atom is 0.129 e. The molecule has 2 N–H and O–H groups in total. The molecule has 0 heterocycles. The monoisotopic (exact) mass is 271 g/mol. The highest BCUT2D eigenvalue weighted by Gasteiger charge is 2.13. The molecule has 0 fully saturated rings. The summed E-state index contributed by atoms with van der Waals surface area (Å²) in [6.07, 6.45) is 4.03. The molecule has 0 saturated heterocycles. The summed E-state index contributed by atoms with van der Waals surface area (Å²) in [5.74, 6) is 2.79. The van der Waals surface area contributed by atoms with Gasteiger partial charge in [0, 0.05) is 24.4 Å². The largest absolute Gasteiger partial charge is 0.387 e. The Kier molecular flexibility index (Phi) is 6.73. The molecule has 1 atom stereocenters. The Morgan fingerprint density at radius 1 is 1.44 bits per heavy atom. The topological polar surface area (TPSA) is 32.3 Å². The van der Waals surface area contributed by atoms with Crippen LogP contribution in [0.2, 0.25) is 0 Å². The molecule has 5 heteroatoms. The molecule has 0 aliphatic carbocycles. The van der Waals surface area contributed by atoms with Crippen LogP contribution in [0.15, 0.2) is 18.2 Å². The fourth-order valence-corrected chi connectivity index (χ4v) is 1.95. The van der Waals surface area contributed by atoms with Crippen molar-refractivity contribution in [1.29, 1.82) is 0 Å². The Morgan fingerprint density at radius 2 is 2.22 bits per heavy atom. The summed E-state index contributed by atoms with van der Waals surface area (Å²) in [5, 5.41) is 12.7. The number of aliphatic hydroxyl groups excluding tert-OH is 1. The van der Waals surface area contributed by atoms with E-state index < -0.39 is 17.7 Å². The van der Waals surface area contributed by atoms with Gasteiger partial charge in [0.1, 0.15) is 11.6 Å². The van der Waals surface area contributed by atoms with Crippen LogP contribution in [0, 0.1) is 24.0 Å². The van der Waals surface area contributed by atoms with Gasteiger partial charge in [-0.2, -0.15) is 0 Å². The van der Waals surface area contributed by atoms with E-state index in [1.54, 1.807) is 11.8 Å². The standard InChI is InChI=1S/C13H15F2NOS/c1-2-6-18-7-5-16-9-13(17)11-8-10(14)3-4-12(11)15/h1,3-4,8,13,16-17H,5-7,9H2. The Morgan fingerprint density at radius 3 is 2.94 bits per heavy atom. The summed E-state index contributed by atoms with van der Waals surface area (Å²) in [7, 11) is 0. The van der Waals surface area contributed by atoms with Crippen molar-refractivity contribution in [3.8, 4) is 12.3 Å². The zero-order chi connectivity index (χ0) is 13.4. The van der Waals surface area contributed by atoms with E-state index in [2.05, 4.69) is 11.2 Å². The van der Waals surface area contributed by atoms with Gasteiger partial charge in [0.05, 0.1) is 11.9 Å². The molecule has 0 saturated carbocycles. The lowest BCUT2D eigenvalue weighted by Crippen LogP contribution is -2.24. The molecule has 0 aliphatic rings. The van der Waals surface area contributed by atoms with E-state index in [1.165, 1.54) is 0 Å². The highest BCUT2D eigenvalue weighted by Crippen LogP contribution is 2.17. The minimum Gasteiger partial charge on any atom is -0.387 e. The van der Waals surface area contributed by atoms with E-state index >= 15 is 0 Å². The number of halogens is 2. The van der Waals surface area contributed by atoms with Crippen molar-refractivity contribution in [2.45, 2.75) is 6.10 Å². The number of benzene rings is 1. The van der Waals surface area contributed by atoms with Crippen LogP contribution >= 0.6 is 11.8 Å². The van der Waals surface area contributed by atoms with E-state index in [9.17, 15) is 13.9 Å². The molecule has 0 aromatic heterocycles.